The molecule has 7 heteroatoms. The second-order valence-electron chi connectivity index (χ2n) is 6.45. The second kappa shape index (κ2) is 7.74. The minimum Gasteiger partial charge on any atom is -0.486 e. The van der Waals surface area contributed by atoms with Gasteiger partial charge in [-0.25, -0.2) is 0 Å². The van der Waals surface area contributed by atoms with Crippen LogP contribution in [0.4, 0.5) is 0 Å². The van der Waals surface area contributed by atoms with Crippen LogP contribution in [-0.2, 0) is 14.3 Å². The Morgan fingerprint density at radius 2 is 2.12 bits per heavy atom. The molecule has 1 aromatic carbocycles. The highest BCUT2D eigenvalue weighted by Gasteiger charge is 2.36. The van der Waals surface area contributed by atoms with Crippen molar-refractivity contribution in [3.05, 3.63) is 24.3 Å². The Morgan fingerprint density at radius 1 is 1.36 bits per heavy atom. The van der Waals surface area contributed by atoms with Gasteiger partial charge in [-0.05, 0) is 12.1 Å². The van der Waals surface area contributed by atoms with Gasteiger partial charge in [0.15, 0.2) is 17.6 Å². The molecular formula is C18H24N2O5. The fourth-order valence-corrected chi connectivity index (χ4v) is 3.22. The largest absolute Gasteiger partial charge is 0.486 e. The number of ether oxygens (including phenoxy) is 3. The van der Waals surface area contributed by atoms with Gasteiger partial charge in [0.2, 0.25) is 11.8 Å². The molecule has 2 amide bonds. The zero-order valence-corrected chi connectivity index (χ0v) is 14.6. The average molecular weight is 348 g/mol. The number of nitrogens with zero attached hydrogens (tertiary/aromatic N) is 2. The van der Waals surface area contributed by atoms with Crippen molar-refractivity contribution < 1.29 is 23.8 Å². The van der Waals surface area contributed by atoms with E-state index in [1.54, 1.807) is 24.0 Å². The van der Waals surface area contributed by atoms with Gasteiger partial charge in [-0.15, -0.1) is 0 Å². The van der Waals surface area contributed by atoms with Gasteiger partial charge in [-0.1, -0.05) is 12.1 Å². The lowest BCUT2D eigenvalue weighted by Gasteiger charge is -2.30. The summed E-state index contributed by atoms with van der Waals surface area (Å²) in [4.78, 5) is 28.0. The topological polar surface area (TPSA) is 68.3 Å². The Hall–Kier alpha value is -2.28. The molecule has 2 atom stereocenters. The molecule has 136 valence electrons. The number of amides is 2. The minimum absolute atomic E-state index is 0.00924. The fraction of sp³-hybridized carbons (Fsp3) is 0.556. The third-order valence-electron chi connectivity index (χ3n) is 4.55. The van der Waals surface area contributed by atoms with Crippen molar-refractivity contribution >= 4 is 11.8 Å². The summed E-state index contributed by atoms with van der Waals surface area (Å²) in [6, 6.07) is 7.49. The summed E-state index contributed by atoms with van der Waals surface area (Å²) < 4.78 is 16.6. The summed E-state index contributed by atoms with van der Waals surface area (Å²) in [6.45, 7) is 2.29. The van der Waals surface area contributed by atoms with Gasteiger partial charge >= 0.3 is 0 Å². The number of likely N-dealkylation sites (tertiary alicyclic amines) is 1. The molecule has 2 heterocycles. The highest BCUT2D eigenvalue weighted by Crippen LogP contribution is 2.31. The van der Waals surface area contributed by atoms with Crippen LogP contribution in [0.15, 0.2) is 24.3 Å². The molecule has 0 bridgehead atoms. The number of hydrogen-bond donors (Lipinski definition) is 0. The Balaban J connectivity index is 1.53. The van der Waals surface area contributed by atoms with Crippen molar-refractivity contribution in [1.29, 1.82) is 0 Å². The first-order valence-electron chi connectivity index (χ1n) is 8.48. The Bertz CT molecular complexity index is 636. The van der Waals surface area contributed by atoms with Crippen LogP contribution < -0.4 is 9.47 Å². The normalized spacial score (nSPS) is 22.2. The van der Waals surface area contributed by atoms with Gasteiger partial charge in [0, 0.05) is 33.7 Å². The van der Waals surface area contributed by atoms with Crippen LogP contribution in [0.5, 0.6) is 11.5 Å². The predicted molar refractivity (Wildman–Crippen MR) is 90.6 cm³/mol. The third kappa shape index (κ3) is 4.04. The zero-order valence-electron chi connectivity index (χ0n) is 14.6. The maximum atomic E-state index is 12.6. The van der Waals surface area contributed by atoms with Crippen LogP contribution in [0.1, 0.15) is 6.42 Å². The van der Waals surface area contributed by atoms with Crippen molar-refractivity contribution in [2.45, 2.75) is 12.5 Å². The Labute approximate surface area is 147 Å². The van der Waals surface area contributed by atoms with E-state index in [9.17, 15) is 9.59 Å². The van der Waals surface area contributed by atoms with E-state index in [0.29, 0.717) is 38.6 Å². The van der Waals surface area contributed by atoms with E-state index in [1.807, 2.05) is 24.3 Å². The van der Waals surface area contributed by atoms with Crippen molar-refractivity contribution in [2.75, 3.05) is 47.0 Å². The average Bonchev–Trinajstić information content (AvgIpc) is 2.99. The van der Waals surface area contributed by atoms with E-state index in [-0.39, 0.29) is 30.3 Å². The molecule has 0 aliphatic carbocycles. The smallest absolute Gasteiger partial charge is 0.227 e. The first kappa shape index (κ1) is 17.5. The fourth-order valence-electron chi connectivity index (χ4n) is 3.22. The molecule has 0 saturated carbocycles. The van der Waals surface area contributed by atoms with Gasteiger partial charge in [0.25, 0.3) is 0 Å². The van der Waals surface area contributed by atoms with Crippen LogP contribution >= 0.6 is 0 Å². The van der Waals surface area contributed by atoms with Gasteiger partial charge in [0.1, 0.15) is 6.61 Å². The number of methoxy groups -OCH3 is 1. The molecule has 7 nitrogen and oxygen atoms in total. The number of fused-ring (bicyclic) bond motifs is 1. The molecule has 2 aliphatic rings. The number of carbonyl (C=O) groups is 2. The van der Waals surface area contributed by atoms with Crippen LogP contribution in [0.25, 0.3) is 0 Å². The first-order chi connectivity index (χ1) is 12.1. The molecule has 0 N–H and O–H groups in total. The summed E-state index contributed by atoms with van der Waals surface area (Å²) in [5, 5.41) is 0. The van der Waals surface area contributed by atoms with E-state index in [1.165, 1.54) is 0 Å². The van der Waals surface area contributed by atoms with Crippen LogP contribution in [0.2, 0.25) is 0 Å². The van der Waals surface area contributed by atoms with Gasteiger partial charge < -0.3 is 24.0 Å². The van der Waals surface area contributed by atoms with E-state index in [0.717, 1.165) is 5.75 Å². The summed E-state index contributed by atoms with van der Waals surface area (Å²) in [5.74, 6) is 1.10. The molecule has 1 aromatic rings. The number of para-hydroxylation sites is 2. The van der Waals surface area contributed by atoms with Crippen molar-refractivity contribution in [3.8, 4) is 11.5 Å². The third-order valence-corrected chi connectivity index (χ3v) is 4.55. The van der Waals surface area contributed by atoms with Gasteiger partial charge in [0.05, 0.1) is 19.1 Å². The molecule has 0 unspecified atom stereocenters. The lowest BCUT2D eigenvalue weighted by Crippen LogP contribution is -2.44. The molecule has 0 radical (unpaired) electrons. The maximum Gasteiger partial charge on any atom is 0.227 e. The highest BCUT2D eigenvalue weighted by atomic mass is 16.6. The standard InChI is InChI=1S/C18H24N2O5/c1-19(11-14-12-24-15-5-3-4-6-16(15)25-14)18(22)13-9-17(21)20(10-13)7-8-23-2/h3-6,13-14H,7-12H2,1-2H3/t13-,14-/m0/s1. The van der Waals surface area contributed by atoms with E-state index >= 15 is 0 Å². The van der Waals surface area contributed by atoms with Crippen LogP contribution in [0.3, 0.4) is 0 Å². The number of hydrogen-bond acceptors (Lipinski definition) is 5. The number of carbonyl (C=O) groups excluding carboxylic acids is 2. The van der Waals surface area contributed by atoms with E-state index in [2.05, 4.69) is 0 Å². The summed E-state index contributed by atoms with van der Waals surface area (Å²) >= 11 is 0. The molecule has 3 rings (SSSR count). The van der Waals surface area contributed by atoms with Gasteiger partial charge in [-0.3, -0.25) is 9.59 Å². The van der Waals surface area contributed by atoms with E-state index in [4.69, 9.17) is 14.2 Å². The molecule has 0 aromatic heterocycles. The summed E-state index contributed by atoms with van der Waals surface area (Å²) in [5.41, 5.74) is 0. The summed E-state index contributed by atoms with van der Waals surface area (Å²) in [7, 11) is 3.34. The van der Waals surface area contributed by atoms with Crippen LogP contribution in [0, 0.1) is 5.92 Å². The lowest BCUT2D eigenvalue weighted by molar-refractivity contribution is -0.135. The number of rotatable bonds is 6. The highest BCUT2D eigenvalue weighted by molar-refractivity contribution is 5.89. The van der Waals surface area contributed by atoms with Gasteiger partial charge in [-0.2, -0.15) is 0 Å². The number of benzene rings is 1. The molecule has 1 saturated heterocycles. The molecule has 25 heavy (non-hydrogen) atoms. The quantitative estimate of drug-likeness (QED) is 0.760. The lowest BCUT2D eigenvalue weighted by atomic mass is 10.1. The predicted octanol–water partition coefficient (Wildman–Crippen LogP) is 0.780. The van der Waals surface area contributed by atoms with Crippen molar-refractivity contribution in [2.24, 2.45) is 5.92 Å². The molecule has 1 fully saturated rings. The molecular weight excluding hydrogens is 324 g/mol. The number of likely N-dealkylation sites (N-methyl/N-ethyl adjacent to an activating group) is 1. The van der Waals surface area contributed by atoms with E-state index < -0.39 is 0 Å². The zero-order chi connectivity index (χ0) is 17.8. The minimum atomic E-state index is -0.300. The first-order valence-corrected chi connectivity index (χ1v) is 8.48. The monoisotopic (exact) mass is 348 g/mol. The SMILES string of the molecule is COCCN1C[C@@H](C(=O)N(C)C[C@H]2COc3ccccc3O2)CC1=O. The van der Waals surface area contributed by atoms with Crippen molar-refractivity contribution in [1.82, 2.24) is 9.80 Å². The molecule has 0 spiro atoms. The Kier molecular flexibility index (Phi) is 5.43. The van der Waals surface area contributed by atoms with Crippen LogP contribution in [-0.4, -0.2) is 74.7 Å². The second-order valence-corrected chi connectivity index (χ2v) is 6.45. The van der Waals surface area contributed by atoms with Crippen molar-refractivity contribution in [3.63, 3.8) is 0 Å². The Morgan fingerprint density at radius 3 is 2.88 bits per heavy atom. The summed E-state index contributed by atoms with van der Waals surface area (Å²) in [6.07, 6.45) is 0.0446. The maximum absolute atomic E-state index is 12.6. The molecule has 2 aliphatic heterocycles.